The lowest BCUT2D eigenvalue weighted by Gasteiger charge is -2.12. The van der Waals surface area contributed by atoms with Crippen LogP contribution >= 0.6 is 15.9 Å². The zero-order valence-electron chi connectivity index (χ0n) is 11.6. The number of halogens is 1. The molecular formula is C15H15BrN2O3. The number of anilines is 3. The van der Waals surface area contributed by atoms with Crippen molar-refractivity contribution in [1.82, 2.24) is 0 Å². The van der Waals surface area contributed by atoms with E-state index < -0.39 is 5.97 Å². The molecular weight excluding hydrogens is 336 g/mol. The number of methoxy groups -OCH3 is 2. The molecule has 0 unspecified atom stereocenters. The number of carbonyl (C=O) groups is 1. The molecule has 2 rings (SSSR count). The van der Waals surface area contributed by atoms with E-state index in [1.54, 1.807) is 25.3 Å². The van der Waals surface area contributed by atoms with Crippen LogP contribution in [0.1, 0.15) is 10.4 Å². The lowest BCUT2D eigenvalue weighted by Crippen LogP contribution is -2.04. The number of ether oxygens (including phenoxy) is 2. The first-order chi connectivity index (χ1) is 10.0. The van der Waals surface area contributed by atoms with Gasteiger partial charge in [0.1, 0.15) is 5.75 Å². The number of benzene rings is 2. The third-order valence-electron chi connectivity index (χ3n) is 2.90. The van der Waals surface area contributed by atoms with Crippen LogP contribution in [0, 0.1) is 0 Å². The Hall–Kier alpha value is -2.21. The van der Waals surface area contributed by atoms with Crippen molar-refractivity contribution in [2.75, 3.05) is 25.3 Å². The quantitative estimate of drug-likeness (QED) is 0.651. The largest absolute Gasteiger partial charge is 0.495 e. The normalized spacial score (nSPS) is 10.0. The van der Waals surface area contributed by atoms with Gasteiger partial charge in [-0.05, 0) is 46.3 Å². The molecule has 21 heavy (non-hydrogen) atoms. The van der Waals surface area contributed by atoms with Crippen molar-refractivity contribution in [2.24, 2.45) is 0 Å². The molecule has 0 heterocycles. The Morgan fingerprint density at radius 1 is 1.19 bits per heavy atom. The van der Waals surface area contributed by atoms with E-state index in [-0.39, 0.29) is 0 Å². The number of nitrogens with one attached hydrogen (secondary N) is 1. The summed E-state index contributed by atoms with van der Waals surface area (Å²) in [6, 6.07) is 10.5. The Bertz CT molecular complexity index is 674. The van der Waals surface area contributed by atoms with Crippen molar-refractivity contribution in [3.8, 4) is 5.75 Å². The van der Waals surface area contributed by atoms with Gasteiger partial charge >= 0.3 is 5.97 Å². The molecule has 0 spiro atoms. The highest BCUT2D eigenvalue weighted by atomic mass is 79.9. The molecule has 2 aromatic rings. The fourth-order valence-electron chi connectivity index (χ4n) is 1.80. The summed E-state index contributed by atoms with van der Waals surface area (Å²) in [4.78, 5) is 11.6. The molecule has 3 N–H and O–H groups in total. The van der Waals surface area contributed by atoms with Crippen LogP contribution < -0.4 is 15.8 Å². The topological polar surface area (TPSA) is 73.6 Å². The number of nitrogens with two attached hydrogens (primary N) is 1. The van der Waals surface area contributed by atoms with Crippen molar-refractivity contribution in [1.29, 1.82) is 0 Å². The van der Waals surface area contributed by atoms with Crippen molar-refractivity contribution < 1.29 is 14.3 Å². The van der Waals surface area contributed by atoms with Gasteiger partial charge in [-0.15, -0.1) is 0 Å². The van der Waals surface area contributed by atoms with Gasteiger partial charge in [-0.2, -0.15) is 0 Å². The van der Waals surface area contributed by atoms with Crippen molar-refractivity contribution >= 4 is 39.0 Å². The van der Waals surface area contributed by atoms with Gasteiger partial charge in [0, 0.05) is 11.8 Å². The van der Waals surface area contributed by atoms with Crippen LogP contribution in [0.15, 0.2) is 40.9 Å². The molecule has 0 aromatic heterocycles. The maximum Gasteiger partial charge on any atom is 0.337 e. The molecule has 0 atom stereocenters. The van der Waals surface area contributed by atoms with Gasteiger partial charge in [-0.25, -0.2) is 4.79 Å². The molecule has 0 aliphatic heterocycles. The predicted molar refractivity (Wildman–Crippen MR) is 86.2 cm³/mol. The van der Waals surface area contributed by atoms with E-state index in [0.717, 1.165) is 10.2 Å². The lowest BCUT2D eigenvalue weighted by molar-refractivity contribution is 0.0601. The fourth-order valence-corrected chi connectivity index (χ4v) is 2.21. The van der Waals surface area contributed by atoms with Crippen molar-refractivity contribution in [2.45, 2.75) is 0 Å². The molecule has 0 aliphatic carbocycles. The molecule has 110 valence electrons. The molecule has 6 heteroatoms. The third-order valence-corrected chi connectivity index (χ3v) is 3.56. The van der Waals surface area contributed by atoms with Crippen LogP contribution in [-0.2, 0) is 4.74 Å². The molecule has 0 fully saturated rings. The summed E-state index contributed by atoms with van der Waals surface area (Å²) in [6.07, 6.45) is 0. The SMILES string of the molecule is COC(=O)c1ccc(N)c(Nc2ccc(Br)c(OC)c2)c1. The van der Waals surface area contributed by atoms with Crippen molar-refractivity contribution in [3.05, 3.63) is 46.4 Å². The Balaban J connectivity index is 2.32. The van der Waals surface area contributed by atoms with Crippen LogP contribution in [0.25, 0.3) is 0 Å². The van der Waals surface area contributed by atoms with Crippen LogP contribution in [0.4, 0.5) is 17.1 Å². The first-order valence-electron chi connectivity index (χ1n) is 6.13. The fraction of sp³-hybridized carbons (Fsp3) is 0.133. The maximum absolute atomic E-state index is 11.6. The summed E-state index contributed by atoms with van der Waals surface area (Å²) in [6.45, 7) is 0. The predicted octanol–water partition coefficient (Wildman–Crippen LogP) is 3.57. The number of hydrogen-bond acceptors (Lipinski definition) is 5. The first kappa shape index (κ1) is 15.2. The molecule has 0 amide bonds. The van der Waals surface area contributed by atoms with Crippen LogP contribution in [0.3, 0.4) is 0 Å². The molecule has 0 saturated heterocycles. The molecule has 0 aliphatic rings. The van der Waals surface area contributed by atoms with E-state index in [1.807, 2.05) is 18.2 Å². The minimum Gasteiger partial charge on any atom is -0.495 e. The van der Waals surface area contributed by atoms with Crippen LogP contribution in [0.5, 0.6) is 5.75 Å². The minimum atomic E-state index is -0.411. The summed E-state index contributed by atoms with van der Waals surface area (Å²) in [5.74, 6) is 0.286. The Kier molecular flexibility index (Phi) is 4.70. The number of rotatable bonds is 4. The summed E-state index contributed by atoms with van der Waals surface area (Å²) in [5, 5.41) is 3.16. The summed E-state index contributed by atoms with van der Waals surface area (Å²) in [7, 11) is 2.93. The summed E-state index contributed by atoms with van der Waals surface area (Å²) in [5.41, 5.74) is 8.31. The van der Waals surface area contributed by atoms with E-state index in [0.29, 0.717) is 22.7 Å². The smallest absolute Gasteiger partial charge is 0.337 e. The second-order valence-corrected chi connectivity index (χ2v) is 5.12. The first-order valence-corrected chi connectivity index (χ1v) is 6.93. The number of carbonyl (C=O) groups excluding carboxylic acids is 1. The van der Waals surface area contributed by atoms with E-state index in [2.05, 4.69) is 21.2 Å². The van der Waals surface area contributed by atoms with E-state index in [1.165, 1.54) is 7.11 Å². The highest BCUT2D eigenvalue weighted by Crippen LogP contribution is 2.31. The molecule has 2 aromatic carbocycles. The van der Waals surface area contributed by atoms with Crippen molar-refractivity contribution in [3.63, 3.8) is 0 Å². The standard InChI is InChI=1S/C15H15BrN2O3/c1-20-14-8-10(4-5-11(14)16)18-13-7-9(15(19)21-2)3-6-12(13)17/h3-8,18H,17H2,1-2H3. The van der Waals surface area contributed by atoms with Gasteiger partial charge in [0.15, 0.2) is 0 Å². The van der Waals surface area contributed by atoms with Crippen LogP contribution in [0.2, 0.25) is 0 Å². The maximum atomic E-state index is 11.6. The number of nitrogen functional groups attached to an aromatic ring is 1. The zero-order valence-corrected chi connectivity index (χ0v) is 13.2. The average molecular weight is 351 g/mol. The second kappa shape index (κ2) is 6.49. The average Bonchev–Trinajstić information content (AvgIpc) is 2.50. The molecule has 0 bridgehead atoms. The van der Waals surface area contributed by atoms with E-state index in [9.17, 15) is 4.79 Å². The summed E-state index contributed by atoms with van der Waals surface area (Å²) < 4.78 is 10.8. The zero-order chi connectivity index (χ0) is 15.4. The van der Waals surface area contributed by atoms with E-state index in [4.69, 9.17) is 15.2 Å². The second-order valence-electron chi connectivity index (χ2n) is 4.27. The Morgan fingerprint density at radius 3 is 2.62 bits per heavy atom. The highest BCUT2D eigenvalue weighted by molar-refractivity contribution is 9.10. The molecule has 5 nitrogen and oxygen atoms in total. The Labute approximate surface area is 131 Å². The van der Waals surface area contributed by atoms with Gasteiger partial charge in [-0.3, -0.25) is 0 Å². The monoisotopic (exact) mass is 350 g/mol. The number of hydrogen-bond donors (Lipinski definition) is 2. The minimum absolute atomic E-state index is 0.411. The van der Waals surface area contributed by atoms with E-state index >= 15 is 0 Å². The van der Waals surface area contributed by atoms with Gasteiger partial charge < -0.3 is 20.5 Å². The summed E-state index contributed by atoms with van der Waals surface area (Å²) >= 11 is 3.39. The van der Waals surface area contributed by atoms with Crippen LogP contribution in [-0.4, -0.2) is 20.2 Å². The van der Waals surface area contributed by atoms with Gasteiger partial charge in [0.25, 0.3) is 0 Å². The lowest BCUT2D eigenvalue weighted by atomic mass is 10.1. The number of esters is 1. The molecule has 0 radical (unpaired) electrons. The van der Waals surface area contributed by atoms with Gasteiger partial charge in [-0.1, -0.05) is 0 Å². The van der Waals surface area contributed by atoms with Gasteiger partial charge in [0.05, 0.1) is 35.6 Å². The highest BCUT2D eigenvalue weighted by Gasteiger charge is 2.09. The Morgan fingerprint density at radius 2 is 1.95 bits per heavy atom. The van der Waals surface area contributed by atoms with Gasteiger partial charge in [0.2, 0.25) is 0 Å². The third kappa shape index (κ3) is 3.46. The molecule has 0 saturated carbocycles.